The minimum Gasteiger partial charge on any atom is -0.383 e. The lowest BCUT2D eigenvalue weighted by molar-refractivity contribution is 0.0621. The Balaban J connectivity index is 2.87. The second-order valence-corrected chi connectivity index (χ2v) is 5.53. The molecule has 6 nitrogen and oxygen atoms in total. The Kier molecular flexibility index (Phi) is 7.18. The number of H-pyrrole nitrogens is 1. The molecule has 7 heteroatoms. The Morgan fingerprint density at radius 1 is 1.30 bits per heavy atom. The zero-order valence-corrected chi connectivity index (χ0v) is 14.0. The van der Waals surface area contributed by atoms with E-state index in [0.29, 0.717) is 32.0 Å². The number of hydrogen-bond donors (Lipinski definition) is 1. The van der Waals surface area contributed by atoms with E-state index in [0.717, 1.165) is 10.2 Å². The average Bonchev–Trinajstić information content (AvgIpc) is 2.80. The van der Waals surface area contributed by atoms with Crippen LogP contribution in [0.1, 0.15) is 35.9 Å². The zero-order chi connectivity index (χ0) is 15.1. The van der Waals surface area contributed by atoms with Crippen molar-refractivity contribution < 1.29 is 14.3 Å². The summed E-state index contributed by atoms with van der Waals surface area (Å²) in [7, 11) is 3.22. The highest BCUT2D eigenvalue weighted by molar-refractivity contribution is 9.10. The minimum absolute atomic E-state index is 0.130. The summed E-state index contributed by atoms with van der Waals surface area (Å²) >= 11 is 3.45. The number of nitrogens with one attached hydrogen (secondary N) is 1. The first kappa shape index (κ1) is 17.1. The third-order valence-corrected chi connectivity index (χ3v) is 3.73. The van der Waals surface area contributed by atoms with Gasteiger partial charge in [-0.05, 0) is 21.8 Å². The van der Waals surface area contributed by atoms with E-state index in [4.69, 9.17) is 9.47 Å². The van der Waals surface area contributed by atoms with Gasteiger partial charge in [-0.2, -0.15) is 5.10 Å². The first-order valence-corrected chi connectivity index (χ1v) is 7.33. The van der Waals surface area contributed by atoms with E-state index in [2.05, 4.69) is 26.1 Å². The molecule has 1 aromatic heterocycles. The fourth-order valence-corrected chi connectivity index (χ4v) is 2.54. The molecule has 1 heterocycles. The van der Waals surface area contributed by atoms with Crippen molar-refractivity contribution in [2.75, 3.05) is 40.5 Å². The van der Waals surface area contributed by atoms with Gasteiger partial charge in [-0.1, -0.05) is 13.8 Å². The Hall–Kier alpha value is -0.920. The predicted octanol–water partition coefficient (Wildman–Crippen LogP) is 2.03. The molecule has 0 bridgehead atoms. The number of nitrogens with zero attached hydrogens (tertiary/aromatic N) is 2. The van der Waals surface area contributed by atoms with Gasteiger partial charge in [0, 0.05) is 27.3 Å². The van der Waals surface area contributed by atoms with Crippen molar-refractivity contribution in [2.45, 2.75) is 19.8 Å². The maximum absolute atomic E-state index is 12.5. The summed E-state index contributed by atoms with van der Waals surface area (Å²) < 4.78 is 10.8. The number of carbonyl (C=O) groups is 1. The molecule has 114 valence electrons. The van der Waals surface area contributed by atoms with Crippen LogP contribution in [0.5, 0.6) is 0 Å². The number of ether oxygens (including phenoxy) is 2. The smallest absolute Gasteiger partial charge is 0.275 e. The van der Waals surface area contributed by atoms with E-state index >= 15 is 0 Å². The van der Waals surface area contributed by atoms with Crippen LogP contribution in [0.2, 0.25) is 0 Å². The molecule has 0 aliphatic heterocycles. The molecule has 0 spiro atoms. The first-order chi connectivity index (χ1) is 9.52. The van der Waals surface area contributed by atoms with Crippen LogP contribution in [-0.2, 0) is 9.47 Å². The fraction of sp³-hybridized carbons (Fsp3) is 0.692. The van der Waals surface area contributed by atoms with Crippen LogP contribution in [0.3, 0.4) is 0 Å². The first-order valence-electron chi connectivity index (χ1n) is 6.53. The Bertz CT molecular complexity index is 426. The third kappa shape index (κ3) is 4.29. The third-order valence-electron chi connectivity index (χ3n) is 2.93. The van der Waals surface area contributed by atoms with Gasteiger partial charge in [-0.3, -0.25) is 9.89 Å². The molecule has 0 fully saturated rings. The summed E-state index contributed by atoms with van der Waals surface area (Å²) in [5.41, 5.74) is 1.33. The van der Waals surface area contributed by atoms with Crippen LogP contribution in [0.4, 0.5) is 0 Å². The largest absolute Gasteiger partial charge is 0.383 e. The summed E-state index contributed by atoms with van der Waals surface area (Å²) in [6, 6.07) is 0. The van der Waals surface area contributed by atoms with E-state index in [1.165, 1.54) is 0 Å². The van der Waals surface area contributed by atoms with Crippen LogP contribution < -0.4 is 0 Å². The minimum atomic E-state index is -0.130. The number of aromatic amines is 1. The molecule has 0 radical (unpaired) electrons. The topological polar surface area (TPSA) is 67.5 Å². The van der Waals surface area contributed by atoms with E-state index in [-0.39, 0.29) is 11.8 Å². The van der Waals surface area contributed by atoms with Gasteiger partial charge >= 0.3 is 0 Å². The monoisotopic (exact) mass is 347 g/mol. The normalized spacial score (nSPS) is 11.1. The van der Waals surface area contributed by atoms with Gasteiger partial charge in [0.15, 0.2) is 5.69 Å². The van der Waals surface area contributed by atoms with Crippen molar-refractivity contribution in [1.82, 2.24) is 15.1 Å². The van der Waals surface area contributed by atoms with E-state index in [9.17, 15) is 4.79 Å². The van der Waals surface area contributed by atoms with Crippen LogP contribution >= 0.6 is 15.9 Å². The maximum Gasteiger partial charge on any atom is 0.275 e. The summed E-state index contributed by atoms with van der Waals surface area (Å²) in [5.74, 6) is 0.138. The summed E-state index contributed by atoms with van der Waals surface area (Å²) in [6.07, 6.45) is 0. The SMILES string of the molecule is COCCN(CCOC)C(=O)c1n[nH]c(C(C)C)c1Br. The highest BCUT2D eigenvalue weighted by Crippen LogP contribution is 2.26. The molecule has 1 amide bonds. The maximum atomic E-state index is 12.5. The van der Waals surface area contributed by atoms with Crippen LogP contribution in [-0.4, -0.2) is 61.5 Å². The van der Waals surface area contributed by atoms with Gasteiger partial charge in [0.2, 0.25) is 0 Å². The molecule has 0 aromatic carbocycles. The molecular formula is C13H22BrN3O3. The van der Waals surface area contributed by atoms with Crippen molar-refractivity contribution in [2.24, 2.45) is 0 Å². The highest BCUT2D eigenvalue weighted by atomic mass is 79.9. The summed E-state index contributed by atoms with van der Waals surface area (Å²) in [5, 5.41) is 7.04. The van der Waals surface area contributed by atoms with Crippen molar-refractivity contribution >= 4 is 21.8 Å². The van der Waals surface area contributed by atoms with Crippen molar-refractivity contribution in [3.63, 3.8) is 0 Å². The molecule has 1 aromatic rings. The van der Waals surface area contributed by atoms with Crippen molar-refractivity contribution in [3.8, 4) is 0 Å². The number of rotatable bonds is 8. The zero-order valence-electron chi connectivity index (χ0n) is 12.4. The van der Waals surface area contributed by atoms with Gasteiger partial charge in [0.25, 0.3) is 5.91 Å². The Morgan fingerprint density at radius 2 is 1.85 bits per heavy atom. The second kappa shape index (κ2) is 8.39. The molecular weight excluding hydrogens is 326 g/mol. The molecule has 1 N–H and O–H groups in total. The Morgan fingerprint density at radius 3 is 2.25 bits per heavy atom. The van der Waals surface area contributed by atoms with Crippen LogP contribution in [0.25, 0.3) is 0 Å². The molecule has 0 aliphatic rings. The highest BCUT2D eigenvalue weighted by Gasteiger charge is 2.23. The lowest BCUT2D eigenvalue weighted by atomic mass is 10.1. The predicted molar refractivity (Wildman–Crippen MR) is 80.0 cm³/mol. The molecule has 1 rings (SSSR count). The number of carbonyl (C=O) groups excluding carboxylic acids is 1. The molecule has 0 unspecified atom stereocenters. The fourth-order valence-electron chi connectivity index (χ4n) is 1.73. The number of hydrogen-bond acceptors (Lipinski definition) is 4. The second-order valence-electron chi connectivity index (χ2n) is 4.73. The standard InChI is InChI=1S/C13H22BrN3O3/c1-9(2)11-10(14)12(16-15-11)13(18)17(5-7-19-3)6-8-20-4/h9H,5-8H2,1-4H3,(H,15,16). The van der Waals surface area contributed by atoms with E-state index in [1.54, 1.807) is 19.1 Å². The van der Waals surface area contributed by atoms with Crippen molar-refractivity contribution in [1.29, 1.82) is 0 Å². The Labute approximate surface area is 127 Å². The molecule has 0 aliphatic carbocycles. The van der Waals surface area contributed by atoms with Gasteiger partial charge in [-0.25, -0.2) is 0 Å². The molecule has 0 saturated carbocycles. The van der Waals surface area contributed by atoms with Gasteiger partial charge in [0.1, 0.15) is 0 Å². The lowest BCUT2D eigenvalue weighted by Crippen LogP contribution is -2.36. The van der Waals surface area contributed by atoms with Crippen molar-refractivity contribution in [3.05, 3.63) is 15.9 Å². The lowest BCUT2D eigenvalue weighted by Gasteiger charge is -2.21. The molecule has 20 heavy (non-hydrogen) atoms. The number of methoxy groups -OCH3 is 2. The van der Waals surface area contributed by atoms with E-state index in [1.807, 2.05) is 13.8 Å². The average molecular weight is 348 g/mol. The quantitative estimate of drug-likeness (QED) is 0.781. The van der Waals surface area contributed by atoms with Gasteiger partial charge in [0.05, 0.1) is 23.4 Å². The number of amides is 1. The van der Waals surface area contributed by atoms with Gasteiger partial charge < -0.3 is 14.4 Å². The van der Waals surface area contributed by atoms with Crippen LogP contribution in [0, 0.1) is 0 Å². The summed E-state index contributed by atoms with van der Waals surface area (Å²) in [6.45, 7) is 6.06. The molecule has 0 atom stereocenters. The number of aromatic nitrogens is 2. The molecule has 0 saturated heterocycles. The number of halogens is 1. The van der Waals surface area contributed by atoms with Crippen LogP contribution in [0.15, 0.2) is 4.47 Å². The van der Waals surface area contributed by atoms with Gasteiger partial charge in [-0.15, -0.1) is 0 Å². The van der Waals surface area contributed by atoms with E-state index < -0.39 is 0 Å². The summed E-state index contributed by atoms with van der Waals surface area (Å²) in [4.78, 5) is 14.2.